The summed E-state index contributed by atoms with van der Waals surface area (Å²) < 4.78 is 0. The highest BCUT2D eigenvalue weighted by Crippen LogP contribution is 2.11. The van der Waals surface area contributed by atoms with E-state index in [0.717, 1.165) is 6.42 Å². The van der Waals surface area contributed by atoms with Crippen molar-refractivity contribution in [1.29, 1.82) is 0 Å². The Balaban J connectivity index is 2.55. The van der Waals surface area contributed by atoms with Crippen molar-refractivity contribution in [2.45, 2.75) is 27.2 Å². The highest BCUT2D eigenvalue weighted by molar-refractivity contribution is 6.39. The maximum Gasteiger partial charge on any atom is 0.313 e. The van der Waals surface area contributed by atoms with Crippen LogP contribution in [-0.2, 0) is 9.59 Å². The van der Waals surface area contributed by atoms with Gasteiger partial charge in [-0.05, 0) is 31.4 Å². The second kappa shape index (κ2) is 7.43. The fraction of sp³-hybridized carbons (Fsp3) is 0.400. The number of carbonyl (C=O) groups excluding carboxylic acids is 3. The van der Waals surface area contributed by atoms with E-state index in [1.54, 1.807) is 24.3 Å². The molecule has 1 aromatic rings. The predicted molar refractivity (Wildman–Crippen MR) is 77.5 cm³/mol. The summed E-state index contributed by atoms with van der Waals surface area (Å²) in [7, 11) is 0. The number of amides is 2. The van der Waals surface area contributed by atoms with Gasteiger partial charge in [0.2, 0.25) is 0 Å². The Morgan fingerprint density at radius 2 is 1.85 bits per heavy atom. The summed E-state index contributed by atoms with van der Waals surface area (Å²) in [6.07, 6.45) is 0.818. The van der Waals surface area contributed by atoms with Crippen LogP contribution < -0.4 is 10.6 Å². The summed E-state index contributed by atoms with van der Waals surface area (Å²) in [5.74, 6) is -1.03. The van der Waals surface area contributed by atoms with E-state index >= 15 is 0 Å². The van der Waals surface area contributed by atoms with Crippen molar-refractivity contribution in [3.8, 4) is 0 Å². The van der Waals surface area contributed by atoms with Crippen molar-refractivity contribution in [3.05, 3.63) is 29.8 Å². The van der Waals surface area contributed by atoms with Crippen molar-refractivity contribution in [2.75, 3.05) is 11.9 Å². The predicted octanol–water partition coefficient (Wildman–Crippen LogP) is 1.99. The van der Waals surface area contributed by atoms with Gasteiger partial charge in [0.05, 0.1) is 0 Å². The average Bonchev–Trinajstić information content (AvgIpc) is 2.38. The maximum atomic E-state index is 11.7. The molecule has 0 aliphatic heterocycles. The zero-order chi connectivity index (χ0) is 15.1. The van der Waals surface area contributed by atoms with Crippen LogP contribution in [0.25, 0.3) is 0 Å². The van der Waals surface area contributed by atoms with Crippen molar-refractivity contribution >= 4 is 23.3 Å². The lowest BCUT2D eigenvalue weighted by molar-refractivity contribution is -0.136. The fourth-order valence-electron chi connectivity index (χ4n) is 1.56. The number of rotatable bonds is 5. The molecule has 0 aliphatic rings. The fourth-order valence-corrected chi connectivity index (χ4v) is 1.56. The van der Waals surface area contributed by atoms with E-state index in [2.05, 4.69) is 10.6 Å². The quantitative estimate of drug-likeness (QED) is 0.638. The number of benzene rings is 1. The molecule has 0 heterocycles. The van der Waals surface area contributed by atoms with Gasteiger partial charge in [-0.2, -0.15) is 0 Å². The number of Topliss-reactive ketones (excluding diaryl/α,β-unsaturated/α-hetero) is 1. The zero-order valence-electron chi connectivity index (χ0n) is 12.0. The van der Waals surface area contributed by atoms with Gasteiger partial charge in [-0.25, -0.2) is 0 Å². The Kier molecular flexibility index (Phi) is 5.90. The molecular formula is C15H20N2O3. The van der Waals surface area contributed by atoms with Gasteiger partial charge in [0, 0.05) is 17.8 Å². The smallest absolute Gasteiger partial charge is 0.313 e. The molecule has 0 fully saturated rings. The third kappa shape index (κ3) is 5.22. The molecule has 2 N–H and O–H groups in total. The molecule has 2 amide bonds. The van der Waals surface area contributed by atoms with E-state index in [1.165, 1.54) is 6.92 Å². The molecule has 0 aromatic heterocycles. The summed E-state index contributed by atoms with van der Waals surface area (Å²) >= 11 is 0. The molecule has 0 aliphatic carbocycles. The molecule has 0 saturated carbocycles. The summed E-state index contributed by atoms with van der Waals surface area (Å²) in [6, 6.07) is 6.48. The molecule has 0 bridgehead atoms. The van der Waals surface area contributed by atoms with Crippen LogP contribution in [0.2, 0.25) is 0 Å². The van der Waals surface area contributed by atoms with Gasteiger partial charge in [0.1, 0.15) is 0 Å². The van der Waals surface area contributed by atoms with Gasteiger partial charge in [0.15, 0.2) is 5.78 Å². The Morgan fingerprint density at radius 1 is 1.15 bits per heavy atom. The van der Waals surface area contributed by atoms with Crippen molar-refractivity contribution in [1.82, 2.24) is 5.32 Å². The van der Waals surface area contributed by atoms with Crippen LogP contribution in [0.5, 0.6) is 0 Å². The SMILES string of the molecule is CC(=O)c1cccc(NC(=O)C(=O)NCCC(C)C)c1. The van der Waals surface area contributed by atoms with Crippen molar-refractivity contribution in [2.24, 2.45) is 5.92 Å². The second-order valence-corrected chi connectivity index (χ2v) is 5.03. The van der Waals surface area contributed by atoms with Crippen LogP contribution in [-0.4, -0.2) is 24.1 Å². The number of anilines is 1. The molecule has 1 rings (SSSR count). The largest absolute Gasteiger partial charge is 0.348 e. The molecule has 0 saturated heterocycles. The third-order valence-electron chi connectivity index (χ3n) is 2.74. The van der Waals surface area contributed by atoms with Gasteiger partial charge in [-0.15, -0.1) is 0 Å². The molecule has 0 radical (unpaired) electrons. The summed E-state index contributed by atoms with van der Waals surface area (Å²) in [4.78, 5) is 34.4. The van der Waals surface area contributed by atoms with E-state index in [1.807, 2.05) is 13.8 Å². The molecule has 1 aromatic carbocycles. The Morgan fingerprint density at radius 3 is 2.45 bits per heavy atom. The number of carbonyl (C=O) groups is 3. The highest BCUT2D eigenvalue weighted by atomic mass is 16.2. The van der Waals surface area contributed by atoms with Crippen LogP contribution in [0.15, 0.2) is 24.3 Å². The van der Waals surface area contributed by atoms with E-state index in [4.69, 9.17) is 0 Å². The minimum absolute atomic E-state index is 0.0949. The summed E-state index contributed by atoms with van der Waals surface area (Å²) in [5.41, 5.74) is 0.921. The van der Waals surface area contributed by atoms with E-state index in [0.29, 0.717) is 23.7 Å². The first-order chi connectivity index (χ1) is 9.40. The number of hydrogen-bond donors (Lipinski definition) is 2. The van der Waals surface area contributed by atoms with E-state index < -0.39 is 11.8 Å². The summed E-state index contributed by atoms with van der Waals surface area (Å²) in [5, 5.41) is 5.03. The highest BCUT2D eigenvalue weighted by Gasteiger charge is 2.13. The second-order valence-electron chi connectivity index (χ2n) is 5.03. The normalized spacial score (nSPS) is 10.2. The lowest BCUT2D eigenvalue weighted by Gasteiger charge is -2.08. The zero-order valence-corrected chi connectivity index (χ0v) is 12.0. The number of hydrogen-bond acceptors (Lipinski definition) is 3. The molecule has 108 valence electrons. The van der Waals surface area contributed by atoms with Crippen LogP contribution in [0, 0.1) is 5.92 Å². The summed E-state index contributed by atoms with van der Waals surface area (Å²) in [6.45, 7) is 6.00. The standard InChI is InChI=1S/C15H20N2O3/c1-10(2)7-8-16-14(19)15(20)17-13-6-4-5-12(9-13)11(3)18/h4-6,9-10H,7-8H2,1-3H3,(H,16,19)(H,17,20). The molecule has 5 heteroatoms. The molecular weight excluding hydrogens is 256 g/mol. The first-order valence-corrected chi connectivity index (χ1v) is 6.60. The monoisotopic (exact) mass is 276 g/mol. The van der Waals surface area contributed by atoms with Gasteiger partial charge in [0.25, 0.3) is 0 Å². The Hall–Kier alpha value is -2.17. The third-order valence-corrected chi connectivity index (χ3v) is 2.74. The lowest BCUT2D eigenvalue weighted by atomic mass is 10.1. The molecule has 0 unspecified atom stereocenters. The Bertz CT molecular complexity index is 510. The maximum absolute atomic E-state index is 11.7. The van der Waals surface area contributed by atoms with Crippen LogP contribution in [0.3, 0.4) is 0 Å². The van der Waals surface area contributed by atoms with E-state index in [9.17, 15) is 14.4 Å². The van der Waals surface area contributed by atoms with Crippen LogP contribution >= 0.6 is 0 Å². The minimum Gasteiger partial charge on any atom is -0.348 e. The van der Waals surface area contributed by atoms with Crippen molar-refractivity contribution in [3.63, 3.8) is 0 Å². The first kappa shape index (κ1) is 15.9. The van der Waals surface area contributed by atoms with Gasteiger partial charge in [-0.1, -0.05) is 26.0 Å². The van der Waals surface area contributed by atoms with Gasteiger partial charge >= 0.3 is 11.8 Å². The minimum atomic E-state index is -0.727. The van der Waals surface area contributed by atoms with Crippen LogP contribution in [0.1, 0.15) is 37.6 Å². The topological polar surface area (TPSA) is 75.3 Å². The van der Waals surface area contributed by atoms with Crippen LogP contribution in [0.4, 0.5) is 5.69 Å². The molecule has 0 atom stereocenters. The van der Waals surface area contributed by atoms with Gasteiger partial charge < -0.3 is 10.6 Å². The lowest BCUT2D eigenvalue weighted by Crippen LogP contribution is -2.36. The Labute approximate surface area is 118 Å². The molecule has 0 spiro atoms. The average molecular weight is 276 g/mol. The number of ketones is 1. The van der Waals surface area contributed by atoms with Gasteiger partial charge in [-0.3, -0.25) is 14.4 Å². The molecule has 20 heavy (non-hydrogen) atoms. The van der Waals surface area contributed by atoms with E-state index in [-0.39, 0.29) is 5.78 Å². The number of nitrogens with one attached hydrogen (secondary N) is 2. The van der Waals surface area contributed by atoms with Crippen molar-refractivity contribution < 1.29 is 14.4 Å². The first-order valence-electron chi connectivity index (χ1n) is 6.60. The molecule has 5 nitrogen and oxygen atoms in total.